The average molecular weight is 268 g/mol. The Kier molecular flexibility index (Phi) is 3.25. The second-order valence-corrected chi connectivity index (χ2v) is 4.85. The van der Waals surface area contributed by atoms with Gasteiger partial charge in [0.05, 0.1) is 17.6 Å². The minimum Gasteiger partial charge on any atom is -0.361 e. The second kappa shape index (κ2) is 5.21. The third kappa shape index (κ3) is 2.42. The van der Waals surface area contributed by atoms with Gasteiger partial charge in [-0.3, -0.25) is 9.48 Å². The maximum absolute atomic E-state index is 12.3. The number of carbonyl (C=O) groups is 1. The van der Waals surface area contributed by atoms with E-state index in [4.69, 9.17) is 0 Å². The predicted octanol–water partition coefficient (Wildman–Crippen LogP) is 2.18. The third-order valence-corrected chi connectivity index (χ3v) is 3.23. The molecule has 1 unspecified atom stereocenters. The molecular formula is C15H16N4O. The normalized spacial score (nSPS) is 12.4. The summed E-state index contributed by atoms with van der Waals surface area (Å²) in [6, 6.07) is 9.54. The Morgan fingerprint density at radius 2 is 2.30 bits per heavy atom. The van der Waals surface area contributed by atoms with Crippen molar-refractivity contribution in [2.45, 2.75) is 19.5 Å². The number of hydrogen-bond acceptors (Lipinski definition) is 2. The van der Waals surface area contributed by atoms with Crippen LogP contribution in [0.2, 0.25) is 0 Å². The van der Waals surface area contributed by atoms with E-state index in [1.807, 2.05) is 49.6 Å². The molecule has 0 bridgehead atoms. The van der Waals surface area contributed by atoms with Gasteiger partial charge >= 0.3 is 0 Å². The quantitative estimate of drug-likeness (QED) is 0.762. The lowest BCUT2D eigenvalue weighted by Gasteiger charge is -2.14. The topological polar surface area (TPSA) is 62.7 Å². The number of H-pyrrole nitrogens is 1. The first-order valence-electron chi connectivity index (χ1n) is 6.58. The summed E-state index contributed by atoms with van der Waals surface area (Å²) in [7, 11) is 0. The highest BCUT2D eigenvalue weighted by atomic mass is 16.1. The molecule has 3 aromatic rings. The van der Waals surface area contributed by atoms with Gasteiger partial charge in [0.15, 0.2) is 0 Å². The van der Waals surface area contributed by atoms with Crippen molar-refractivity contribution in [3.63, 3.8) is 0 Å². The fraction of sp³-hybridized carbons (Fsp3) is 0.200. The number of hydrogen-bond donors (Lipinski definition) is 2. The zero-order chi connectivity index (χ0) is 13.9. The van der Waals surface area contributed by atoms with Crippen LogP contribution in [-0.2, 0) is 6.54 Å². The Morgan fingerprint density at radius 1 is 1.40 bits per heavy atom. The fourth-order valence-electron chi connectivity index (χ4n) is 2.31. The van der Waals surface area contributed by atoms with Gasteiger partial charge in [0.25, 0.3) is 5.91 Å². The van der Waals surface area contributed by atoms with Crippen LogP contribution in [0.25, 0.3) is 10.9 Å². The third-order valence-electron chi connectivity index (χ3n) is 3.23. The highest BCUT2D eigenvalue weighted by Crippen LogP contribution is 2.16. The van der Waals surface area contributed by atoms with Gasteiger partial charge < -0.3 is 10.3 Å². The van der Waals surface area contributed by atoms with Crippen LogP contribution < -0.4 is 5.32 Å². The van der Waals surface area contributed by atoms with Crippen molar-refractivity contribution < 1.29 is 4.79 Å². The highest BCUT2D eigenvalue weighted by molar-refractivity contribution is 6.05. The number of fused-ring (bicyclic) bond motifs is 1. The molecule has 0 aliphatic carbocycles. The fourth-order valence-corrected chi connectivity index (χ4v) is 2.31. The van der Waals surface area contributed by atoms with E-state index >= 15 is 0 Å². The van der Waals surface area contributed by atoms with Crippen molar-refractivity contribution in [1.29, 1.82) is 0 Å². The molecule has 0 saturated heterocycles. The van der Waals surface area contributed by atoms with E-state index in [-0.39, 0.29) is 11.9 Å². The molecule has 0 radical (unpaired) electrons. The van der Waals surface area contributed by atoms with E-state index in [0.29, 0.717) is 12.1 Å². The molecular weight excluding hydrogens is 252 g/mol. The summed E-state index contributed by atoms with van der Waals surface area (Å²) >= 11 is 0. The van der Waals surface area contributed by atoms with Crippen molar-refractivity contribution in [3.05, 3.63) is 54.5 Å². The lowest BCUT2D eigenvalue weighted by Crippen LogP contribution is -2.35. The molecule has 0 spiro atoms. The molecule has 1 aromatic carbocycles. The van der Waals surface area contributed by atoms with Gasteiger partial charge in [-0.25, -0.2) is 0 Å². The second-order valence-electron chi connectivity index (χ2n) is 4.85. The molecule has 0 aliphatic rings. The predicted molar refractivity (Wildman–Crippen MR) is 77.5 cm³/mol. The summed E-state index contributed by atoms with van der Waals surface area (Å²) in [6.07, 6.45) is 5.46. The zero-order valence-electron chi connectivity index (χ0n) is 11.2. The summed E-state index contributed by atoms with van der Waals surface area (Å²) in [4.78, 5) is 15.4. The SMILES string of the molecule is CC(Cn1cccn1)NC(=O)c1cccc2cc[nH]c12. The first kappa shape index (κ1) is 12.5. The zero-order valence-corrected chi connectivity index (χ0v) is 11.2. The van der Waals surface area contributed by atoms with Crippen LogP contribution in [0.15, 0.2) is 48.9 Å². The first-order chi connectivity index (χ1) is 9.74. The molecule has 2 heterocycles. The molecule has 0 fully saturated rings. The number of benzene rings is 1. The van der Waals surface area contributed by atoms with Gasteiger partial charge in [-0.1, -0.05) is 12.1 Å². The number of para-hydroxylation sites is 1. The molecule has 3 rings (SSSR count). The van der Waals surface area contributed by atoms with Crippen molar-refractivity contribution in [1.82, 2.24) is 20.1 Å². The van der Waals surface area contributed by atoms with Gasteiger partial charge in [0, 0.05) is 30.0 Å². The van der Waals surface area contributed by atoms with Crippen LogP contribution in [0.1, 0.15) is 17.3 Å². The van der Waals surface area contributed by atoms with Crippen LogP contribution in [0, 0.1) is 0 Å². The molecule has 20 heavy (non-hydrogen) atoms. The van der Waals surface area contributed by atoms with Gasteiger partial charge in [-0.15, -0.1) is 0 Å². The molecule has 2 N–H and O–H groups in total. The number of carbonyl (C=O) groups excluding carboxylic acids is 1. The van der Waals surface area contributed by atoms with E-state index in [9.17, 15) is 4.79 Å². The minimum atomic E-state index is -0.0716. The minimum absolute atomic E-state index is 0.00705. The van der Waals surface area contributed by atoms with Crippen LogP contribution >= 0.6 is 0 Å². The van der Waals surface area contributed by atoms with Gasteiger partial charge in [0.2, 0.25) is 0 Å². The Labute approximate surface area is 116 Å². The van der Waals surface area contributed by atoms with E-state index in [1.165, 1.54) is 0 Å². The number of aromatic nitrogens is 3. The largest absolute Gasteiger partial charge is 0.361 e. The summed E-state index contributed by atoms with van der Waals surface area (Å²) in [5, 5.41) is 8.17. The van der Waals surface area contributed by atoms with Crippen molar-refractivity contribution in [3.8, 4) is 0 Å². The molecule has 0 aliphatic heterocycles. The standard InChI is InChI=1S/C15H16N4O/c1-11(10-19-9-3-7-17-19)18-15(20)13-5-2-4-12-6-8-16-14(12)13/h2-9,11,16H,10H2,1H3,(H,18,20). The molecule has 1 atom stereocenters. The highest BCUT2D eigenvalue weighted by Gasteiger charge is 2.13. The smallest absolute Gasteiger partial charge is 0.253 e. The van der Waals surface area contributed by atoms with E-state index in [0.717, 1.165) is 10.9 Å². The van der Waals surface area contributed by atoms with Crippen molar-refractivity contribution in [2.75, 3.05) is 0 Å². The van der Waals surface area contributed by atoms with E-state index < -0.39 is 0 Å². The van der Waals surface area contributed by atoms with Crippen LogP contribution in [0.5, 0.6) is 0 Å². The van der Waals surface area contributed by atoms with E-state index in [2.05, 4.69) is 15.4 Å². The molecule has 5 nitrogen and oxygen atoms in total. The van der Waals surface area contributed by atoms with E-state index in [1.54, 1.807) is 10.9 Å². The summed E-state index contributed by atoms with van der Waals surface area (Å²) in [5.74, 6) is -0.0716. The number of nitrogens with one attached hydrogen (secondary N) is 2. The molecule has 0 saturated carbocycles. The summed E-state index contributed by atoms with van der Waals surface area (Å²) < 4.78 is 1.81. The number of aromatic amines is 1. The number of nitrogens with zero attached hydrogens (tertiary/aromatic N) is 2. The van der Waals surface area contributed by atoms with Gasteiger partial charge in [-0.2, -0.15) is 5.10 Å². The monoisotopic (exact) mass is 268 g/mol. The molecule has 5 heteroatoms. The van der Waals surface area contributed by atoms with Crippen LogP contribution in [0.3, 0.4) is 0 Å². The maximum atomic E-state index is 12.3. The Hall–Kier alpha value is -2.56. The van der Waals surface area contributed by atoms with Crippen LogP contribution in [-0.4, -0.2) is 26.7 Å². The van der Waals surface area contributed by atoms with Gasteiger partial charge in [0.1, 0.15) is 0 Å². The molecule has 1 amide bonds. The van der Waals surface area contributed by atoms with Crippen molar-refractivity contribution >= 4 is 16.8 Å². The number of amides is 1. The summed E-state index contributed by atoms with van der Waals surface area (Å²) in [6.45, 7) is 2.62. The molecule has 102 valence electrons. The lowest BCUT2D eigenvalue weighted by atomic mass is 10.1. The lowest BCUT2D eigenvalue weighted by molar-refractivity contribution is 0.0937. The number of rotatable bonds is 4. The summed E-state index contributed by atoms with van der Waals surface area (Å²) in [5.41, 5.74) is 1.54. The van der Waals surface area contributed by atoms with Crippen molar-refractivity contribution in [2.24, 2.45) is 0 Å². The Balaban J connectivity index is 1.74. The average Bonchev–Trinajstić information content (AvgIpc) is 3.08. The molecule has 2 aromatic heterocycles. The maximum Gasteiger partial charge on any atom is 0.253 e. The van der Waals surface area contributed by atoms with Crippen LogP contribution in [0.4, 0.5) is 0 Å². The van der Waals surface area contributed by atoms with Gasteiger partial charge in [-0.05, 0) is 25.1 Å². The Bertz CT molecular complexity index is 714. The first-order valence-corrected chi connectivity index (χ1v) is 6.58. The Morgan fingerprint density at radius 3 is 3.10 bits per heavy atom.